The van der Waals surface area contributed by atoms with Crippen molar-refractivity contribution in [3.05, 3.63) is 48.3 Å². The van der Waals surface area contributed by atoms with Crippen molar-refractivity contribution in [2.75, 3.05) is 18.5 Å². The van der Waals surface area contributed by atoms with Gasteiger partial charge in [-0.2, -0.15) is 18.3 Å². The Kier molecular flexibility index (Phi) is 7.88. The molecule has 10 nitrogen and oxygen atoms in total. The maximum absolute atomic E-state index is 12.2. The van der Waals surface area contributed by atoms with E-state index in [1.54, 1.807) is 24.5 Å². The summed E-state index contributed by atoms with van der Waals surface area (Å²) in [6.45, 7) is -0.451. The zero-order chi connectivity index (χ0) is 23.0. The van der Waals surface area contributed by atoms with Crippen molar-refractivity contribution in [2.24, 2.45) is 0 Å². The maximum Gasteiger partial charge on any atom is 0.490 e. The zero-order valence-corrected chi connectivity index (χ0v) is 15.7. The van der Waals surface area contributed by atoms with Crippen LogP contribution in [0.25, 0.3) is 10.9 Å². The second-order valence-corrected chi connectivity index (χ2v) is 6.05. The highest BCUT2D eigenvalue weighted by atomic mass is 19.4. The van der Waals surface area contributed by atoms with Crippen molar-refractivity contribution in [1.29, 1.82) is 0 Å². The van der Waals surface area contributed by atoms with Crippen molar-refractivity contribution < 1.29 is 38.1 Å². The molecule has 1 amide bonds. The van der Waals surface area contributed by atoms with Gasteiger partial charge in [-0.1, -0.05) is 0 Å². The number of aliphatic hydroxyl groups is 2. The fourth-order valence-corrected chi connectivity index (χ4v) is 2.22. The molecule has 0 unspecified atom stereocenters. The molecule has 2 aromatic heterocycles. The SMILES string of the molecule is O=C(NC[C@H](O)CO)c1cccnc1Nc1ccc2[nH]ncc2c1.O=C(O)C(F)(F)F. The van der Waals surface area contributed by atoms with Crippen LogP contribution in [-0.2, 0) is 4.79 Å². The molecule has 0 saturated heterocycles. The van der Waals surface area contributed by atoms with Gasteiger partial charge in [0.25, 0.3) is 5.91 Å². The summed E-state index contributed by atoms with van der Waals surface area (Å²) in [5.74, 6) is -2.74. The predicted octanol–water partition coefficient (Wildman–Crippen LogP) is 1.42. The first kappa shape index (κ1) is 23.6. The minimum absolute atomic E-state index is 0.0371. The Morgan fingerprint density at radius 2 is 1.94 bits per heavy atom. The number of pyridine rings is 1. The van der Waals surface area contributed by atoms with E-state index in [4.69, 9.17) is 15.0 Å². The van der Waals surface area contributed by atoms with E-state index in [9.17, 15) is 23.1 Å². The van der Waals surface area contributed by atoms with Gasteiger partial charge in [0, 0.05) is 23.8 Å². The van der Waals surface area contributed by atoms with Crippen molar-refractivity contribution in [3.63, 3.8) is 0 Å². The van der Waals surface area contributed by atoms with Gasteiger partial charge in [0.15, 0.2) is 0 Å². The Morgan fingerprint density at radius 1 is 1.23 bits per heavy atom. The van der Waals surface area contributed by atoms with Crippen LogP contribution in [0.2, 0.25) is 0 Å². The van der Waals surface area contributed by atoms with E-state index in [1.165, 1.54) is 0 Å². The van der Waals surface area contributed by atoms with Gasteiger partial charge in [0.05, 0.1) is 30.0 Å². The van der Waals surface area contributed by atoms with E-state index >= 15 is 0 Å². The summed E-state index contributed by atoms with van der Waals surface area (Å²) in [6.07, 6.45) is -2.79. The summed E-state index contributed by atoms with van der Waals surface area (Å²) in [4.78, 5) is 25.3. The number of aromatic amines is 1. The number of carbonyl (C=O) groups is 2. The quantitative estimate of drug-likeness (QED) is 0.335. The Labute approximate surface area is 172 Å². The van der Waals surface area contributed by atoms with Gasteiger partial charge >= 0.3 is 12.1 Å². The lowest BCUT2D eigenvalue weighted by molar-refractivity contribution is -0.192. The van der Waals surface area contributed by atoms with E-state index in [2.05, 4.69) is 25.8 Å². The maximum atomic E-state index is 12.2. The number of aliphatic hydroxyl groups excluding tert-OH is 2. The number of rotatable bonds is 6. The number of aromatic nitrogens is 3. The molecule has 0 spiro atoms. The molecule has 0 aliphatic heterocycles. The smallest absolute Gasteiger partial charge is 0.475 e. The van der Waals surface area contributed by atoms with E-state index in [0.29, 0.717) is 11.4 Å². The molecule has 0 saturated carbocycles. The number of fused-ring (bicyclic) bond motifs is 1. The van der Waals surface area contributed by atoms with Crippen LogP contribution in [-0.4, -0.2) is 67.8 Å². The lowest BCUT2D eigenvalue weighted by Crippen LogP contribution is -2.34. The Bertz CT molecular complexity index is 1040. The average molecular weight is 441 g/mol. The molecule has 6 N–H and O–H groups in total. The van der Waals surface area contributed by atoms with Crippen molar-refractivity contribution in [2.45, 2.75) is 12.3 Å². The number of amides is 1. The molecule has 0 fully saturated rings. The molecular formula is C18H18F3N5O5. The summed E-state index contributed by atoms with van der Waals surface area (Å²) in [6, 6.07) is 8.91. The number of carbonyl (C=O) groups excluding carboxylic acids is 1. The summed E-state index contributed by atoms with van der Waals surface area (Å²) in [7, 11) is 0. The number of carboxylic acid groups (broad SMARTS) is 1. The molecule has 31 heavy (non-hydrogen) atoms. The lowest BCUT2D eigenvalue weighted by Gasteiger charge is -2.12. The molecule has 1 aromatic carbocycles. The number of benzene rings is 1. The van der Waals surface area contributed by atoms with Crippen LogP contribution in [0.1, 0.15) is 10.4 Å². The third-order valence-electron chi connectivity index (χ3n) is 3.71. The zero-order valence-electron chi connectivity index (χ0n) is 15.7. The molecule has 3 rings (SSSR count). The molecule has 166 valence electrons. The summed E-state index contributed by atoms with van der Waals surface area (Å²) in [5.41, 5.74) is 2.03. The third kappa shape index (κ3) is 6.94. The second kappa shape index (κ2) is 10.4. The number of H-pyrrole nitrogens is 1. The first-order valence-electron chi connectivity index (χ1n) is 8.64. The van der Waals surface area contributed by atoms with Gasteiger partial charge in [-0.25, -0.2) is 9.78 Å². The lowest BCUT2D eigenvalue weighted by atomic mass is 10.2. The van der Waals surface area contributed by atoms with Crippen LogP contribution in [0, 0.1) is 0 Å². The number of hydrogen-bond donors (Lipinski definition) is 6. The number of halogens is 3. The first-order chi connectivity index (χ1) is 14.6. The van der Waals surface area contributed by atoms with E-state index in [0.717, 1.165) is 16.6 Å². The molecule has 0 aliphatic rings. The minimum Gasteiger partial charge on any atom is -0.475 e. The number of alkyl halides is 3. The fourth-order valence-electron chi connectivity index (χ4n) is 2.22. The van der Waals surface area contributed by atoms with Gasteiger partial charge in [-0.05, 0) is 30.3 Å². The molecule has 13 heteroatoms. The fraction of sp³-hybridized carbons (Fsp3) is 0.222. The summed E-state index contributed by atoms with van der Waals surface area (Å²) >= 11 is 0. The van der Waals surface area contributed by atoms with Gasteiger partial charge in [-0.3, -0.25) is 9.89 Å². The number of carboxylic acids is 1. The second-order valence-electron chi connectivity index (χ2n) is 6.05. The molecule has 0 bridgehead atoms. The number of nitrogens with one attached hydrogen (secondary N) is 3. The highest BCUT2D eigenvalue weighted by molar-refractivity contribution is 5.99. The van der Waals surface area contributed by atoms with E-state index < -0.39 is 24.9 Å². The highest BCUT2D eigenvalue weighted by Gasteiger charge is 2.38. The molecule has 2 heterocycles. The van der Waals surface area contributed by atoms with Crippen molar-refractivity contribution in [1.82, 2.24) is 20.5 Å². The van der Waals surface area contributed by atoms with Crippen molar-refractivity contribution >= 4 is 34.3 Å². The minimum atomic E-state index is -5.08. The molecule has 1 atom stereocenters. The standard InChI is InChI=1S/C16H17N5O3.C2HF3O2/c22-9-12(23)8-18-16(24)13-2-1-5-17-15(13)20-11-3-4-14-10(6-11)7-19-21-14;3-2(4,5)1(6)7/h1-7,12,22-23H,8-9H2,(H,17,20)(H,18,24)(H,19,21);(H,6,7)/t12-;/m0./s1. The molecule has 0 radical (unpaired) electrons. The monoisotopic (exact) mass is 441 g/mol. The number of hydrogen-bond acceptors (Lipinski definition) is 7. The van der Waals surface area contributed by atoms with Crippen LogP contribution >= 0.6 is 0 Å². The van der Waals surface area contributed by atoms with Crippen LogP contribution in [0.4, 0.5) is 24.7 Å². The van der Waals surface area contributed by atoms with Gasteiger partial charge in [0.2, 0.25) is 0 Å². The number of aliphatic carboxylic acids is 1. The number of nitrogens with zero attached hydrogens (tertiary/aromatic N) is 2. The van der Waals surface area contributed by atoms with Gasteiger partial charge < -0.3 is 26.0 Å². The first-order valence-corrected chi connectivity index (χ1v) is 8.64. The largest absolute Gasteiger partial charge is 0.490 e. The van der Waals surface area contributed by atoms with Gasteiger partial charge in [-0.15, -0.1) is 0 Å². The normalized spacial score (nSPS) is 11.9. The molecule has 0 aliphatic carbocycles. The number of anilines is 2. The van der Waals surface area contributed by atoms with Crippen LogP contribution in [0.5, 0.6) is 0 Å². The topological polar surface area (TPSA) is 160 Å². The molecule has 3 aromatic rings. The van der Waals surface area contributed by atoms with Crippen LogP contribution in [0.3, 0.4) is 0 Å². The van der Waals surface area contributed by atoms with E-state index in [-0.39, 0.29) is 12.5 Å². The Morgan fingerprint density at radius 3 is 2.58 bits per heavy atom. The third-order valence-corrected chi connectivity index (χ3v) is 3.71. The summed E-state index contributed by atoms with van der Waals surface area (Å²) in [5, 5.41) is 38.7. The van der Waals surface area contributed by atoms with E-state index in [1.807, 2.05) is 18.2 Å². The van der Waals surface area contributed by atoms with Gasteiger partial charge in [0.1, 0.15) is 5.82 Å². The average Bonchev–Trinajstić information content (AvgIpc) is 3.19. The van der Waals surface area contributed by atoms with Crippen LogP contribution < -0.4 is 10.6 Å². The van der Waals surface area contributed by atoms with Crippen LogP contribution in [0.15, 0.2) is 42.7 Å². The molecular weight excluding hydrogens is 423 g/mol. The Hall–Kier alpha value is -3.71. The predicted molar refractivity (Wildman–Crippen MR) is 103 cm³/mol. The van der Waals surface area contributed by atoms with Crippen molar-refractivity contribution in [3.8, 4) is 0 Å². The Balaban J connectivity index is 0.000000423. The highest BCUT2D eigenvalue weighted by Crippen LogP contribution is 2.22. The summed E-state index contributed by atoms with van der Waals surface area (Å²) < 4.78 is 31.7.